The molecule has 0 bridgehead atoms. The number of hydrogen-bond acceptors (Lipinski definition) is 3. The molecular formula is C25H31ClN2O3. The first-order chi connectivity index (χ1) is 14.9. The van der Waals surface area contributed by atoms with Gasteiger partial charge >= 0.3 is 0 Å². The molecule has 0 radical (unpaired) electrons. The van der Waals surface area contributed by atoms with Crippen molar-refractivity contribution in [2.45, 2.75) is 51.8 Å². The Balaban J connectivity index is 1.85. The van der Waals surface area contributed by atoms with E-state index >= 15 is 0 Å². The molecule has 2 aromatic rings. The molecule has 2 amide bonds. The summed E-state index contributed by atoms with van der Waals surface area (Å²) < 4.78 is 5.65. The van der Waals surface area contributed by atoms with Crippen molar-refractivity contribution in [1.29, 1.82) is 0 Å². The molecule has 0 aliphatic carbocycles. The summed E-state index contributed by atoms with van der Waals surface area (Å²) in [5.41, 5.74) is 1.95. The Bertz CT molecular complexity index is 849. The van der Waals surface area contributed by atoms with Gasteiger partial charge in [0.05, 0.1) is 6.10 Å². The highest BCUT2D eigenvalue weighted by molar-refractivity contribution is 6.30. The molecule has 0 saturated carbocycles. The Labute approximate surface area is 189 Å². The first kappa shape index (κ1) is 23.3. The van der Waals surface area contributed by atoms with Crippen LogP contribution in [-0.4, -0.2) is 42.0 Å². The van der Waals surface area contributed by atoms with E-state index < -0.39 is 6.04 Å². The number of carbonyl (C=O) groups excluding carboxylic acids is 2. The summed E-state index contributed by atoms with van der Waals surface area (Å²) in [6.07, 6.45) is 2.46. The van der Waals surface area contributed by atoms with Gasteiger partial charge in [-0.2, -0.15) is 0 Å². The zero-order chi connectivity index (χ0) is 22.2. The minimum Gasteiger partial charge on any atom is -0.376 e. The van der Waals surface area contributed by atoms with E-state index in [2.05, 4.69) is 5.32 Å². The Hall–Kier alpha value is -2.37. The molecule has 31 heavy (non-hydrogen) atoms. The average Bonchev–Trinajstić information content (AvgIpc) is 3.29. The van der Waals surface area contributed by atoms with Gasteiger partial charge in [-0.05, 0) is 36.1 Å². The second-order valence-electron chi connectivity index (χ2n) is 8.33. The number of benzene rings is 2. The third-order valence-electron chi connectivity index (χ3n) is 5.52. The van der Waals surface area contributed by atoms with E-state index in [4.69, 9.17) is 16.3 Å². The van der Waals surface area contributed by atoms with Crippen LogP contribution in [0.4, 0.5) is 0 Å². The number of rotatable bonds is 9. The molecule has 166 valence electrons. The summed E-state index contributed by atoms with van der Waals surface area (Å²) in [5, 5.41) is 3.67. The maximum absolute atomic E-state index is 13.3. The zero-order valence-electron chi connectivity index (χ0n) is 18.2. The van der Waals surface area contributed by atoms with E-state index in [0.29, 0.717) is 24.5 Å². The predicted octanol–water partition coefficient (Wildman–Crippen LogP) is 4.23. The monoisotopic (exact) mass is 442 g/mol. The van der Waals surface area contributed by atoms with Crippen LogP contribution >= 0.6 is 11.6 Å². The van der Waals surface area contributed by atoms with Crippen LogP contribution in [-0.2, 0) is 27.3 Å². The number of carbonyl (C=O) groups is 2. The average molecular weight is 443 g/mol. The fraction of sp³-hybridized carbons (Fsp3) is 0.440. The van der Waals surface area contributed by atoms with Crippen molar-refractivity contribution < 1.29 is 14.3 Å². The molecule has 1 aliphatic heterocycles. The molecule has 6 heteroatoms. The predicted molar refractivity (Wildman–Crippen MR) is 123 cm³/mol. The smallest absolute Gasteiger partial charge is 0.243 e. The first-order valence-electron chi connectivity index (χ1n) is 10.9. The maximum Gasteiger partial charge on any atom is 0.243 e. The van der Waals surface area contributed by atoms with Crippen molar-refractivity contribution in [3.8, 4) is 0 Å². The number of amides is 2. The van der Waals surface area contributed by atoms with E-state index in [-0.39, 0.29) is 23.8 Å². The molecule has 1 heterocycles. The van der Waals surface area contributed by atoms with E-state index in [1.54, 1.807) is 17.0 Å². The van der Waals surface area contributed by atoms with Crippen LogP contribution in [0.25, 0.3) is 0 Å². The third-order valence-corrected chi connectivity index (χ3v) is 5.77. The third kappa shape index (κ3) is 6.81. The van der Waals surface area contributed by atoms with Crippen LogP contribution in [0.5, 0.6) is 0 Å². The van der Waals surface area contributed by atoms with Crippen molar-refractivity contribution in [3.63, 3.8) is 0 Å². The first-order valence-corrected chi connectivity index (χ1v) is 11.3. The Kier molecular flexibility index (Phi) is 8.50. The molecule has 1 fully saturated rings. The summed E-state index contributed by atoms with van der Waals surface area (Å²) in [5.74, 6) is -0.429. The van der Waals surface area contributed by atoms with Gasteiger partial charge in [0.2, 0.25) is 11.8 Å². The molecule has 0 unspecified atom stereocenters. The molecule has 0 aromatic heterocycles. The zero-order valence-corrected chi connectivity index (χ0v) is 19.0. The summed E-state index contributed by atoms with van der Waals surface area (Å²) in [4.78, 5) is 28.2. The number of ether oxygens (including phenoxy) is 1. The SMILES string of the molecule is CC(C)C(=O)N(Cc1ccc(Cl)cc1)[C@@H](Cc1ccccc1)C(=O)NC[C@@H]1CCCO1. The molecule has 3 rings (SSSR count). The number of nitrogens with one attached hydrogen (secondary N) is 1. The Morgan fingerprint density at radius 1 is 1.10 bits per heavy atom. The molecular weight excluding hydrogens is 412 g/mol. The number of halogens is 1. The van der Waals surface area contributed by atoms with E-state index in [9.17, 15) is 9.59 Å². The van der Waals surface area contributed by atoms with Gasteiger partial charge in [-0.1, -0.05) is 67.9 Å². The largest absolute Gasteiger partial charge is 0.376 e. The van der Waals surface area contributed by atoms with E-state index in [0.717, 1.165) is 30.6 Å². The summed E-state index contributed by atoms with van der Waals surface area (Å²) >= 11 is 6.03. The van der Waals surface area contributed by atoms with Gasteiger partial charge in [-0.25, -0.2) is 0 Å². The normalized spacial score (nSPS) is 16.8. The van der Waals surface area contributed by atoms with Crippen molar-refractivity contribution in [2.75, 3.05) is 13.2 Å². The number of nitrogens with zero attached hydrogens (tertiary/aromatic N) is 1. The topological polar surface area (TPSA) is 58.6 Å². The minimum atomic E-state index is -0.616. The van der Waals surface area contributed by atoms with Gasteiger partial charge in [0.15, 0.2) is 0 Å². The van der Waals surface area contributed by atoms with Gasteiger partial charge in [-0.15, -0.1) is 0 Å². The lowest BCUT2D eigenvalue weighted by atomic mass is 10.0. The van der Waals surface area contributed by atoms with Crippen LogP contribution in [0, 0.1) is 5.92 Å². The van der Waals surface area contributed by atoms with Gasteiger partial charge in [0.1, 0.15) is 6.04 Å². The second-order valence-corrected chi connectivity index (χ2v) is 8.77. The summed E-state index contributed by atoms with van der Waals surface area (Å²) in [6.45, 7) is 5.28. The molecule has 0 spiro atoms. The van der Waals surface area contributed by atoms with Crippen molar-refractivity contribution in [2.24, 2.45) is 5.92 Å². The van der Waals surface area contributed by atoms with Gasteiger partial charge in [-0.3, -0.25) is 9.59 Å². The summed E-state index contributed by atoms with van der Waals surface area (Å²) in [6, 6.07) is 16.6. The molecule has 1 saturated heterocycles. The lowest BCUT2D eigenvalue weighted by Crippen LogP contribution is -2.52. The van der Waals surface area contributed by atoms with Crippen molar-refractivity contribution in [3.05, 3.63) is 70.7 Å². The van der Waals surface area contributed by atoms with Crippen LogP contribution in [0.3, 0.4) is 0 Å². The van der Waals surface area contributed by atoms with E-state index in [1.807, 2.05) is 56.3 Å². The quantitative estimate of drug-likeness (QED) is 0.632. The fourth-order valence-electron chi connectivity index (χ4n) is 3.78. The van der Waals surface area contributed by atoms with Crippen molar-refractivity contribution in [1.82, 2.24) is 10.2 Å². The minimum absolute atomic E-state index is 0.0480. The van der Waals surface area contributed by atoms with Gasteiger partial charge in [0.25, 0.3) is 0 Å². The fourth-order valence-corrected chi connectivity index (χ4v) is 3.91. The molecule has 1 aliphatic rings. The van der Waals surface area contributed by atoms with Crippen LogP contribution < -0.4 is 5.32 Å². The Morgan fingerprint density at radius 2 is 1.81 bits per heavy atom. The Morgan fingerprint density at radius 3 is 2.42 bits per heavy atom. The highest BCUT2D eigenvalue weighted by atomic mass is 35.5. The van der Waals surface area contributed by atoms with Gasteiger partial charge in [0, 0.05) is 37.1 Å². The van der Waals surface area contributed by atoms with Crippen LogP contribution in [0.1, 0.15) is 37.8 Å². The lowest BCUT2D eigenvalue weighted by Gasteiger charge is -2.33. The molecule has 2 atom stereocenters. The molecule has 2 aromatic carbocycles. The van der Waals surface area contributed by atoms with E-state index in [1.165, 1.54) is 0 Å². The highest BCUT2D eigenvalue weighted by Gasteiger charge is 2.32. The maximum atomic E-state index is 13.3. The summed E-state index contributed by atoms with van der Waals surface area (Å²) in [7, 11) is 0. The van der Waals surface area contributed by atoms with Crippen LogP contribution in [0.15, 0.2) is 54.6 Å². The standard InChI is InChI=1S/C25H31ClN2O3/c1-18(2)25(30)28(17-20-10-12-21(26)13-11-20)23(15-19-7-4-3-5-8-19)24(29)27-16-22-9-6-14-31-22/h3-5,7-8,10-13,18,22-23H,6,9,14-17H2,1-2H3,(H,27,29)/t22-,23-/m0/s1. The lowest BCUT2D eigenvalue weighted by molar-refractivity contribution is -0.143. The highest BCUT2D eigenvalue weighted by Crippen LogP contribution is 2.19. The number of hydrogen-bond donors (Lipinski definition) is 1. The second kappa shape index (κ2) is 11.3. The van der Waals surface area contributed by atoms with Crippen molar-refractivity contribution >= 4 is 23.4 Å². The molecule has 5 nitrogen and oxygen atoms in total. The van der Waals surface area contributed by atoms with Gasteiger partial charge < -0.3 is 15.0 Å². The van der Waals surface area contributed by atoms with Crippen LogP contribution in [0.2, 0.25) is 5.02 Å². The molecule has 1 N–H and O–H groups in total.